The van der Waals surface area contributed by atoms with E-state index < -0.39 is 0 Å². The van der Waals surface area contributed by atoms with Crippen molar-refractivity contribution in [3.8, 4) is 0 Å². The SMILES string of the molecule is C[C@@H]([NH2+]CC(=O)NCc1ccccc1F)c1ccccc1. The molecule has 0 saturated heterocycles. The van der Waals surface area contributed by atoms with Gasteiger partial charge in [0.15, 0.2) is 6.54 Å². The Labute approximate surface area is 124 Å². The molecule has 4 heteroatoms. The number of rotatable bonds is 6. The van der Waals surface area contributed by atoms with E-state index in [4.69, 9.17) is 0 Å². The maximum atomic E-state index is 13.4. The highest BCUT2D eigenvalue weighted by molar-refractivity contribution is 5.76. The van der Waals surface area contributed by atoms with Gasteiger partial charge in [-0.05, 0) is 13.0 Å². The van der Waals surface area contributed by atoms with Crippen LogP contribution in [0.15, 0.2) is 54.6 Å². The third-order valence-corrected chi connectivity index (χ3v) is 3.42. The van der Waals surface area contributed by atoms with Gasteiger partial charge in [0.1, 0.15) is 11.9 Å². The zero-order valence-corrected chi connectivity index (χ0v) is 12.1. The average Bonchev–Trinajstić information content (AvgIpc) is 2.52. The number of quaternary nitrogens is 1. The Balaban J connectivity index is 1.76. The van der Waals surface area contributed by atoms with Gasteiger partial charge in [0.2, 0.25) is 0 Å². The Morgan fingerprint density at radius 3 is 2.52 bits per heavy atom. The standard InChI is InChI=1S/C17H19FN2O/c1-13(14-7-3-2-4-8-14)19-12-17(21)20-11-15-9-5-6-10-16(15)18/h2-10,13,19H,11-12H2,1H3,(H,20,21)/p+1/t13-/m1/s1. The quantitative estimate of drug-likeness (QED) is 0.835. The summed E-state index contributed by atoms with van der Waals surface area (Å²) in [6.07, 6.45) is 0. The van der Waals surface area contributed by atoms with Crippen LogP contribution in [-0.4, -0.2) is 12.5 Å². The van der Waals surface area contributed by atoms with Crippen molar-refractivity contribution in [1.29, 1.82) is 0 Å². The number of hydrogen-bond acceptors (Lipinski definition) is 1. The molecule has 110 valence electrons. The lowest BCUT2D eigenvalue weighted by Crippen LogP contribution is -2.87. The van der Waals surface area contributed by atoms with Gasteiger partial charge in [-0.15, -0.1) is 0 Å². The molecule has 0 fully saturated rings. The summed E-state index contributed by atoms with van der Waals surface area (Å²) in [5.74, 6) is -0.388. The molecule has 0 aromatic heterocycles. The Hall–Kier alpha value is -2.20. The molecule has 0 saturated carbocycles. The molecule has 0 radical (unpaired) electrons. The molecule has 0 bridgehead atoms. The predicted octanol–water partition coefficient (Wildman–Crippen LogP) is 1.77. The largest absolute Gasteiger partial charge is 0.347 e. The summed E-state index contributed by atoms with van der Waals surface area (Å²) in [4.78, 5) is 11.8. The molecule has 3 nitrogen and oxygen atoms in total. The minimum Gasteiger partial charge on any atom is -0.347 e. The normalized spacial score (nSPS) is 11.9. The van der Waals surface area contributed by atoms with E-state index in [0.717, 1.165) is 0 Å². The van der Waals surface area contributed by atoms with Crippen LogP contribution in [0.3, 0.4) is 0 Å². The van der Waals surface area contributed by atoms with Crippen LogP contribution in [0.4, 0.5) is 4.39 Å². The maximum Gasteiger partial charge on any atom is 0.275 e. The van der Waals surface area contributed by atoms with Crippen molar-refractivity contribution in [1.82, 2.24) is 5.32 Å². The number of hydrogen-bond donors (Lipinski definition) is 2. The molecule has 0 aliphatic rings. The highest BCUT2D eigenvalue weighted by atomic mass is 19.1. The van der Waals surface area contributed by atoms with E-state index in [9.17, 15) is 9.18 Å². The number of carbonyl (C=O) groups excluding carboxylic acids is 1. The molecule has 0 unspecified atom stereocenters. The van der Waals surface area contributed by atoms with Crippen LogP contribution in [0.25, 0.3) is 0 Å². The first-order valence-electron chi connectivity index (χ1n) is 7.05. The van der Waals surface area contributed by atoms with Crippen molar-refractivity contribution in [3.63, 3.8) is 0 Å². The lowest BCUT2D eigenvalue weighted by Gasteiger charge is -2.11. The van der Waals surface area contributed by atoms with Gasteiger partial charge in [0.25, 0.3) is 5.91 Å². The van der Waals surface area contributed by atoms with E-state index in [0.29, 0.717) is 12.1 Å². The van der Waals surface area contributed by atoms with Gasteiger partial charge < -0.3 is 10.6 Å². The van der Waals surface area contributed by atoms with E-state index in [2.05, 4.69) is 12.2 Å². The van der Waals surface area contributed by atoms with E-state index in [1.54, 1.807) is 18.2 Å². The fourth-order valence-electron chi connectivity index (χ4n) is 2.08. The summed E-state index contributed by atoms with van der Waals surface area (Å²) in [5.41, 5.74) is 1.68. The Kier molecular flexibility index (Phi) is 5.46. The van der Waals surface area contributed by atoms with Gasteiger partial charge in [-0.2, -0.15) is 0 Å². The van der Waals surface area contributed by atoms with Gasteiger partial charge in [-0.3, -0.25) is 4.79 Å². The summed E-state index contributed by atoms with van der Waals surface area (Å²) in [6.45, 7) is 2.60. The zero-order valence-electron chi connectivity index (χ0n) is 12.1. The molecule has 0 heterocycles. The van der Waals surface area contributed by atoms with E-state index >= 15 is 0 Å². The smallest absolute Gasteiger partial charge is 0.275 e. The Morgan fingerprint density at radius 2 is 1.81 bits per heavy atom. The number of amides is 1. The second kappa shape index (κ2) is 7.55. The minimum absolute atomic E-state index is 0.0963. The summed E-state index contributed by atoms with van der Waals surface area (Å²) in [6, 6.07) is 16.7. The number of benzene rings is 2. The second-order valence-electron chi connectivity index (χ2n) is 5.01. The Morgan fingerprint density at radius 1 is 1.14 bits per heavy atom. The van der Waals surface area contributed by atoms with E-state index in [-0.39, 0.29) is 24.3 Å². The van der Waals surface area contributed by atoms with Crippen LogP contribution >= 0.6 is 0 Å². The Bertz CT molecular complexity index is 586. The van der Waals surface area contributed by atoms with Gasteiger partial charge >= 0.3 is 0 Å². The van der Waals surface area contributed by atoms with Crippen LogP contribution in [0.2, 0.25) is 0 Å². The first-order valence-corrected chi connectivity index (χ1v) is 7.05. The lowest BCUT2D eigenvalue weighted by molar-refractivity contribution is -0.682. The monoisotopic (exact) mass is 287 g/mol. The predicted molar refractivity (Wildman–Crippen MR) is 79.9 cm³/mol. The number of nitrogens with one attached hydrogen (secondary N) is 1. The molecule has 2 rings (SSSR count). The molecule has 1 atom stereocenters. The van der Waals surface area contributed by atoms with Gasteiger partial charge in [-0.1, -0.05) is 48.5 Å². The summed E-state index contributed by atoms with van der Waals surface area (Å²) in [5, 5.41) is 4.70. The zero-order chi connectivity index (χ0) is 15.1. The topological polar surface area (TPSA) is 45.7 Å². The second-order valence-corrected chi connectivity index (χ2v) is 5.01. The molecule has 0 spiro atoms. The van der Waals surface area contributed by atoms with Gasteiger partial charge in [0, 0.05) is 17.7 Å². The van der Waals surface area contributed by atoms with Crippen molar-refractivity contribution in [2.45, 2.75) is 19.5 Å². The molecule has 0 aliphatic heterocycles. The summed E-state index contributed by atoms with van der Waals surface area (Å²) < 4.78 is 13.4. The molecule has 2 aromatic carbocycles. The molecular formula is C17H20FN2O+. The lowest BCUT2D eigenvalue weighted by atomic mass is 10.1. The summed E-state index contributed by atoms with van der Waals surface area (Å²) >= 11 is 0. The van der Waals surface area contributed by atoms with Crippen molar-refractivity contribution in [2.24, 2.45) is 0 Å². The van der Waals surface area contributed by atoms with Crippen molar-refractivity contribution in [3.05, 3.63) is 71.5 Å². The minimum atomic E-state index is -0.292. The maximum absolute atomic E-state index is 13.4. The fraction of sp³-hybridized carbons (Fsp3) is 0.235. The highest BCUT2D eigenvalue weighted by Gasteiger charge is 2.11. The molecule has 0 aliphatic carbocycles. The average molecular weight is 287 g/mol. The van der Waals surface area contributed by atoms with Crippen LogP contribution < -0.4 is 10.6 Å². The fourth-order valence-corrected chi connectivity index (χ4v) is 2.08. The molecule has 21 heavy (non-hydrogen) atoms. The van der Waals surface area contributed by atoms with Crippen LogP contribution in [0.1, 0.15) is 24.1 Å². The van der Waals surface area contributed by atoms with Crippen molar-refractivity contribution < 1.29 is 14.5 Å². The number of nitrogens with two attached hydrogens (primary N) is 1. The molecule has 3 N–H and O–H groups in total. The van der Waals surface area contributed by atoms with Crippen LogP contribution in [-0.2, 0) is 11.3 Å². The third-order valence-electron chi connectivity index (χ3n) is 3.42. The first-order chi connectivity index (χ1) is 10.2. The molecule has 1 amide bonds. The summed E-state index contributed by atoms with van der Waals surface area (Å²) in [7, 11) is 0. The van der Waals surface area contributed by atoms with Crippen molar-refractivity contribution in [2.75, 3.05) is 6.54 Å². The van der Waals surface area contributed by atoms with E-state index in [1.165, 1.54) is 11.6 Å². The molecular weight excluding hydrogens is 267 g/mol. The van der Waals surface area contributed by atoms with E-state index in [1.807, 2.05) is 35.6 Å². The number of carbonyl (C=O) groups is 1. The van der Waals surface area contributed by atoms with Gasteiger partial charge in [0.05, 0.1) is 0 Å². The molecule has 2 aromatic rings. The van der Waals surface area contributed by atoms with Crippen LogP contribution in [0, 0.1) is 5.82 Å². The highest BCUT2D eigenvalue weighted by Crippen LogP contribution is 2.06. The van der Waals surface area contributed by atoms with Gasteiger partial charge in [-0.25, -0.2) is 4.39 Å². The third kappa shape index (κ3) is 4.68. The number of halogens is 1. The van der Waals surface area contributed by atoms with Crippen molar-refractivity contribution >= 4 is 5.91 Å². The van der Waals surface area contributed by atoms with Crippen LogP contribution in [0.5, 0.6) is 0 Å². The first kappa shape index (κ1) is 15.2.